The van der Waals surface area contributed by atoms with E-state index in [1.165, 1.54) is 16.7 Å². The minimum absolute atomic E-state index is 0.300. The quantitative estimate of drug-likeness (QED) is 0.409. The van der Waals surface area contributed by atoms with Crippen molar-refractivity contribution < 1.29 is 14.3 Å². The average molecular weight is 401 g/mol. The van der Waals surface area contributed by atoms with E-state index < -0.39 is 0 Å². The van der Waals surface area contributed by atoms with Gasteiger partial charge >= 0.3 is 0 Å². The maximum atomic E-state index is 10.7. The zero-order valence-electron chi connectivity index (χ0n) is 17.2. The fourth-order valence-corrected chi connectivity index (χ4v) is 4.12. The summed E-state index contributed by atoms with van der Waals surface area (Å²) in [5, 5.41) is 0. The summed E-state index contributed by atoms with van der Waals surface area (Å²) in [6.07, 6.45) is 4.46. The normalized spacial score (nSPS) is 18.4. The molecular formula is C27H28O3. The van der Waals surface area contributed by atoms with Gasteiger partial charge in [-0.15, -0.1) is 0 Å². The van der Waals surface area contributed by atoms with Crippen LogP contribution in [0.15, 0.2) is 78.9 Å². The third-order valence-electron chi connectivity index (χ3n) is 5.81. The Morgan fingerprint density at radius 3 is 2.40 bits per heavy atom. The van der Waals surface area contributed by atoms with Gasteiger partial charge in [-0.1, -0.05) is 78.9 Å². The Hall–Kier alpha value is -2.75. The van der Waals surface area contributed by atoms with Gasteiger partial charge in [-0.25, -0.2) is 0 Å². The number of aldehydes is 1. The SMILES string of the molecule is O=Cc1ccc(COC[C@H]2CCC(OCc3ccccc3-c3ccccc3)C2)cc1. The molecule has 0 heterocycles. The Bertz CT molecular complexity index is 934. The van der Waals surface area contributed by atoms with Crippen molar-refractivity contribution in [3.8, 4) is 11.1 Å². The fraction of sp³-hybridized carbons (Fsp3) is 0.296. The molecule has 30 heavy (non-hydrogen) atoms. The second-order valence-electron chi connectivity index (χ2n) is 8.01. The topological polar surface area (TPSA) is 35.5 Å². The Balaban J connectivity index is 1.23. The van der Waals surface area contributed by atoms with Gasteiger partial charge in [0, 0.05) is 12.2 Å². The zero-order valence-corrected chi connectivity index (χ0v) is 17.2. The van der Waals surface area contributed by atoms with Gasteiger partial charge in [0.25, 0.3) is 0 Å². The Labute approximate surface area is 178 Å². The van der Waals surface area contributed by atoms with Crippen molar-refractivity contribution in [3.05, 3.63) is 95.6 Å². The lowest BCUT2D eigenvalue weighted by Gasteiger charge is -2.15. The summed E-state index contributed by atoms with van der Waals surface area (Å²) in [6, 6.07) is 26.6. The molecule has 154 valence electrons. The number of hydrogen-bond acceptors (Lipinski definition) is 3. The van der Waals surface area contributed by atoms with Crippen LogP contribution in [0, 0.1) is 5.92 Å². The van der Waals surface area contributed by atoms with Crippen LogP contribution in [-0.2, 0) is 22.7 Å². The van der Waals surface area contributed by atoms with Crippen molar-refractivity contribution >= 4 is 6.29 Å². The molecule has 0 N–H and O–H groups in total. The fourth-order valence-electron chi connectivity index (χ4n) is 4.12. The van der Waals surface area contributed by atoms with Gasteiger partial charge < -0.3 is 9.47 Å². The van der Waals surface area contributed by atoms with Gasteiger partial charge in [-0.05, 0) is 47.4 Å². The Kier molecular flexibility index (Phi) is 7.07. The predicted molar refractivity (Wildman–Crippen MR) is 119 cm³/mol. The highest BCUT2D eigenvalue weighted by Crippen LogP contribution is 2.30. The van der Waals surface area contributed by atoms with Gasteiger partial charge in [-0.3, -0.25) is 4.79 Å². The van der Waals surface area contributed by atoms with Crippen LogP contribution >= 0.6 is 0 Å². The number of hydrogen-bond donors (Lipinski definition) is 0. The summed E-state index contributed by atoms with van der Waals surface area (Å²) in [5.74, 6) is 0.550. The van der Waals surface area contributed by atoms with Crippen molar-refractivity contribution in [2.24, 2.45) is 5.92 Å². The second kappa shape index (κ2) is 10.3. The number of rotatable bonds is 9. The van der Waals surface area contributed by atoms with Crippen LogP contribution in [0.1, 0.15) is 40.7 Å². The summed E-state index contributed by atoms with van der Waals surface area (Å²) < 4.78 is 12.2. The molecule has 3 aromatic rings. The van der Waals surface area contributed by atoms with Crippen LogP contribution in [0.4, 0.5) is 0 Å². The summed E-state index contributed by atoms with van der Waals surface area (Å²) in [6.45, 7) is 1.99. The molecule has 0 amide bonds. The molecule has 3 nitrogen and oxygen atoms in total. The maximum absolute atomic E-state index is 10.7. The highest BCUT2D eigenvalue weighted by molar-refractivity contribution is 5.74. The van der Waals surface area contributed by atoms with E-state index in [9.17, 15) is 4.79 Å². The van der Waals surface area contributed by atoms with Gasteiger partial charge in [0.15, 0.2) is 0 Å². The first-order chi connectivity index (χ1) is 14.8. The van der Waals surface area contributed by atoms with E-state index in [1.54, 1.807) is 0 Å². The highest BCUT2D eigenvalue weighted by atomic mass is 16.5. The van der Waals surface area contributed by atoms with Crippen LogP contribution in [0.25, 0.3) is 11.1 Å². The Morgan fingerprint density at radius 1 is 0.833 bits per heavy atom. The summed E-state index contributed by atoms with van der Waals surface area (Å²) in [7, 11) is 0. The van der Waals surface area contributed by atoms with E-state index >= 15 is 0 Å². The van der Waals surface area contributed by atoms with Gasteiger partial charge in [0.05, 0.1) is 19.3 Å². The molecule has 0 aliphatic heterocycles. The molecule has 1 unspecified atom stereocenters. The first-order valence-corrected chi connectivity index (χ1v) is 10.7. The van der Waals surface area contributed by atoms with Gasteiger partial charge in [0.1, 0.15) is 6.29 Å². The predicted octanol–water partition coefficient (Wildman–Crippen LogP) is 6.07. The molecule has 3 aromatic carbocycles. The lowest BCUT2D eigenvalue weighted by molar-refractivity contribution is 0.0348. The van der Waals surface area contributed by atoms with Crippen molar-refractivity contribution in [1.29, 1.82) is 0 Å². The van der Waals surface area contributed by atoms with E-state index in [1.807, 2.05) is 30.3 Å². The number of carbonyl (C=O) groups is 1. The van der Waals surface area contributed by atoms with Crippen LogP contribution in [0.2, 0.25) is 0 Å². The molecule has 1 fully saturated rings. The molecule has 0 bridgehead atoms. The van der Waals surface area contributed by atoms with Crippen molar-refractivity contribution in [3.63, 3.8) is 0 Å². The Morgan fingerprint density at radius 2 is 1.60 bits per heavy atom. The largest absolute Gasteiger partial charge is 0.376 e. The summed E-state index contributed by atoms with van der Waals surface area (Å²) >= 11 is 0. The van der Waals surface area contributed by atoms with Crippen molar-refractivity contribution in [1.82, 2.24) is 0 Å². The molecule has 1 aliphatic carbocycles. The number of carbonyl (C=O) groups excluding carboxylic acids is 1. The molecule has 3 heteroatoms. The van der Waals surface area contributed by atoms with Crippen LogP contribution in [-0.4, -0.2) is 19.0 Å². The van der Waals surface area contributed by atoms with Crippen LogP contribution in [0.5, 0.6) is 0 Å². The molecular weight excluding hydrogens is 372 g/mol. The monoisotopic (exact) mass is 400 g/mol. The summed E-state index contributed by atoms with van der Waals surface area (Å²) in [4.78, 5) is 10.7. The number of ether oxygens (including phenoxy) is 2. The molecule has 0 saturated heterocycles. The van der Waals surface area contributed by atoms with E-state index in [2.05, 4.69) is 48.5 Å². The highest BCUT2D eigenvalue weighted by Gasteiger charge is 2.25. The second-order valence-corrected chi connectivity index (χ2v) is 8.01. The lowest BCUT2D eigenvalue weighted by Crippen LogP contribution is -2.11. The first kappa shape index (κ1) is 20.5. The van der Waals surface area contributed by atoms with Crippen LogP contribution < -0.4 is 0 Å². The molecule has 0 aromatic heterocycles. The van der Waals surface area contributed by atoms with Crippen molar-refractivity contribution in [2.45, 2.75) is 38.6 Å². The molecule has 4 rings (SSSR count). The minimum atomic E-state index is 0.300. The van der Waals surface area contributed by atoms with E-state index in [0.717, 1.165) is 37.7 Å². The standard InChI is InChI=1S/C27H28O3/c28-17-21-10-12-22(13-11-21)18-29-19-23-14-15-26(16-23)30-20-25-8-4-5-9-27(25)24-6-2-1-3-7-24/h1-13,17,23,26H,14-16,18-20H2/t23-,26?/m0/s1. The van der Waals surface area contributed by atoms with Gasteiger partial charge in [-0.2, -0.15) is 0 Å². The molecule has 1 saturated carbocycles. The molecule has 0 spiro atoms. The summed E-state index contributed by atoms with van der Waals surface area (Å²) in [5.41, 5.74) is 5.52. The maximum Gasteiger partial charge on any atom is 0.150 e. The number of benzene rings is 3. The third kappa shape index (κ3) is 5.44. The van der Waals surface area contributed by atoms with Crippen molar-refractivity contribution in [2.75, 3.05) is 6.61 Å². The average Bonchev–Trinajstić information content (AvgIpc) is 3.27. The molecule has 1 aliphatic rings. The van der Waals surface area contributed by atoms with Crippen LogP contribution in [0.3, 0.4) is 0 Å². The molecule has 0 radical (unpaired) electrons. The van der Waals surface area contributed by atoms with E-state index in [0.29, 0.717) is 30.8 Å². The van der Waals surface area contributed by atoms with Gasteiger partial charge in [0.2, 0.25) is 0 Å². The van der Waals surface area contributed by atoms with E-state index in [-0.39, 0.29) is 0 Å². The third-order valence-corrected chi connectivity index (χ3v) is 5.81. The molecule has 2 atom stereocenters. The van der Waals surface area contributed by atoms with E-state index in [4.69, 9.17) is 9.47 Å². The lowest BCUT2D eigenvalue weighted by atomic mass is 10.0. The minimum Gasteiger partial charge on any atom is -0.376 e. The zero-order chi connectivity index (χ0) is 20.6. The smallest absolute Gasteiger partial charge is 0.150 e. The first-order valence-electron chi connectivity index (χ1n) is 10.7.